The Morgan fingerprint density at radius 1 is 1.05 bits per heavy atom. The number of fused-ring (bicyclic) bond motifs is 1. The van der Waals surface area contributed by atoms with E-state index in [-0.39, 0.29) is 6.10 Å². The van der Waals surface area contributed by atoms with Crippen LogP contribution < -0.4 is 4.74 Å². The van der Waals surface area contributed by atoms with Crippen LogP contribution in [0.3, 0.4) is 0 Å². The molecule has 1 fully saturated rings. The maximum Gasteiger partial charge on any atom is 0.205 e. The number of aldehydes is 1. The van der Waals surface area contributed by atoms with Crippen molar-refractivity contribution in [1.29, 1.82) is 0 Å². The molecule has 0 spiro atoms. The number of unbranched alkanes of at least 4 members (excludes halogenated alkanes) is 4. The second-order valence-electron chi connectivity index (χ2n) is 10.4. The lowest BCUT2D eigenvalue weighted by Crippen LogP contribution is -2.35. The highest BCUT2D eigenvalue weighted by atomic mass is 127. The molecule has 0 N–H and O–H groups in total. The van der Waals surface area contributed by atoms with E-state index in [9.17, 15) is 4.79 Å². The Balaban J connectivity index is 1.07. The average molecular weight is 622 g/mol. The minimum Gasteiger partial charge on any atom is -0.463 e. The van der Waals surface area contributed by atoms with Gasteiger partial charge in [0.25, 0.3) is 0 Å². The number of hydrogen-bond acceptors (Lipinski definition) is 6. The highest BCUT2D eigenvalue weighted by Crippen LogP contribution is 2.35. The molecular weight excluding hydrogens is 581 g/mol. The first-order valence-electron chi connectivity index (χ1n) is 13.6. The Morgan fingerprint density at radius 2 is 1.86 bits per heavy atom. The summed E-state index contributed by atoms with van der Waals surface area (Å²) in [6.07, 6.45) is 8.14. The van der Waals surface area contributed by atoms with Crippen molar-refractivity contribution in [2.75, 3.05) is 26.3 Å². The number of ether oxygens (including phenoxy) is 4. The van der Waals surface area contributed by atoms with E-state index in [1.165, 1.54) is 15.6 Å². The molecule has 1 saturated heterocycles. The summed E-state index contributed by atoms with van der Waals surface area (Å²) in [7, 11) is 0. The molecule has 0 amide bonds. The summed E-state index contributed by atoms with van der Waals surface area (Å²) in [6.45, 7) is 7.61. The second kappa shape index (κ2) is 14.0. The molecule has 1 unspecified atom stereocenters. The molecule has 37 heavy (non-hydrogen) atoms. The molecular formula is C30H40INO5. The van der Waals surface area contributed by atoms with Gasteiger partial charge in [0.2, 0.25) is 5.79 Å². The first-order valence-corrected chi connectivity index (χ1v) is 14.6. The molecule has 2 aromatic rings. The molecule has 2 aliphatic heterocycles. The summed E-state index contributed by atoms with van der Waals surface area (Å²) in [5, 5.41) is 0. The summed E-state index contributed by atoms with van der Waals surface area (Å²) >= 11 is 2.37. The van der Waals surface area contributed by atoms with Crippen molar-refractivity contribution in [1.82, 2.24) is 4.90 Å². The van der Waals surface area contributed by atoms with E-state index >= 15 is 0 Å². The number of carbonyl (C=O) groups excluding carboxylic acids is 1. The first kappa shape index (κ1) is 28.5. The van der Waals surface area contributed by atoms with Crippen LogP contribution in [-0.2, 0) is 32.0 Å². The topological polar surface area (TPSA) is 57.2 Å². The van der Waals surface area contributed by atoms with Crippen molar-refractivity contribution < 1.29 is 23.7 Å². The van der Waals surface area contributed by atoms with Crippen LogP contribution in [0.25, 0.3) is 0 Å². The Bertz CT molecular complexity index is 1010. The number of aryl methyl sites for hydroxylation is 1. The molecule has 2 heterocycles. The molecule has 202 valence electrons. The van der Waals surface area contributed by atoms with Crippen LogP contribution in [0.1, 0.15) is 75.2 Å². The van der Waals surface area contributed by atoms with Gasteiger partial charge >= 0.3 is 0 Å². The predicted molar refractivity (Wildman–Crippen MR) is 153 cm³/mol. The SMILES string of the molecule is CC1(C)OCc2cc([C@@H]3CN(CCCCCCOCCCCc4cccc(I)c4)C(C=O)O3)ccc2O1. The van der Waals surface area contributed by atoms with Gasteiger partial charge in [0.15, 0.2) is 12.5 Å². The van der Waals surface area contributed by atoms with Crippen molar-refractivity contribution in [3.8, 4) is 5.75 Å². The van der Waals surface area contributed by atoms with Crippen LogP contribution in [0, 0.1) is 3.57 Å². The smallest absolute Gasteiger partial charge is 0.205 e. The second-order valence-corrected chi connectivity index (χ2v) is 11.7. The van der Waals surface area contributed by atoms with Gasteiger partial charge in [-0.15, -0.1) is 0 Å². The van der Waals surface area contributed by atoms with Crippen LogP contribution in [-0.4, -0.2) is 49.5 Å². The molecule has 0 radical (unpaired) electrons. The number of nitrogens with zero attached hydrogens (tertiary/aromatic N) is 1. The quantitative estimate of drug-likeness (QED) is 0.138. The summed E-state index contributed by atoms with van der Waals surface area (Å²) < 4.78 is 24.9. The summed E-state index contributed by atoms with van der Waals surface area (Å²) in [5.41, 5.74) is 3.50. The molecule has 0 aliphatic carbocycles. The molecule has 6 nitrogen and oxygen atoms in total. The summed E-state index contributed by atoms with van der Waals surface area (Å²) in [5.74, 6) is 0.249. The number of hydrogen-bond donors (Lipinski definition) is 0. The van der Waals surface area contributed by atoms with E-state index in [2.05, 4.69) is 57.8 Å². The van der Waals surface area contributed by atoms with E-state index in [1.807, 2.05) is 26.0 Å². The average Bonchev–Trinajstić information content (AvgIpc) is 3.29. The minimum absolute atomic E-state index is 0.116. The lowest BCUT2D eigenvalue weighted by molar-refractivity contribution is -0.180. The summed E-state index contributed by atoms with van der Waals surface area (Å²) in [4.78, 5) is 13.8. The lowest BCUT2D eigenvalue weighted by atomic mass is 10.0. The fraction of sp³-hybridized carbons (Fsp3) is 0.567. The van der Waals surface area contributed by atoms with Gasteiger partial charge in [0, 0.05) is 49.3 Å². The van der Waals surface area contributed by atoms with Crippen molar-refractivity contribution >= 4 is 28.9 Å². The molecule has 7 heteroatoms. The van der Waals surface area contributed by atoms with Crippen LogP contribution in [0.5, 0.6) is 5.75 Å². The van der Waals surface area contributed by atoms with Crippen molar-refractivity contribution in [2.24, 2.45) is 0 Å². The fourth-order valence-electron chi connectivity index (χ4n) is 4.89. The normalized spacial score (nSPS) is 20.9. The zero-order chi connectivity index (χ0) is 26.1. The van der Waals surface area contributed by atoms with Crippen LogP contribution >= 0.6 is 22.6 Å². The first-order chi connectivity index (χ1) is 17.9. The van der Waals surface area contributed by atoms with E-state index in [1.54, 1.807) is 0 Å². The minimum atomic E-state index is -0.606. The highest BCUT2D eigenvalue weighted by molar-refractivity contribution is 14.1. The van der Waals surface area contributed by atoms with Gasteiger partial charge in [-0.2, -0.15) is 0 Å². The Hall–Kier alpha value is -1.52. The van der Waals surface area contributed by atoms with Gasteiger partial charge in [0.1, 0.15) is 5.75 Å². The molecule has 0 aromatic heterocycles. The number of benzene rings is 2. The van der Waals surface area contributed by atoms with Gasteiger partial charge in [0.05, 0.1) is 12.7 Å². The molecule has 4 rings (SSSR count). The van der Waals surface area contributed by atoms with Gasteiger partial charge in [-0.3, -0.25) is 9.69 Å². The van der Waals surface area contributed by atoms with Crippen LogP contribution in [0.4, 0.5) is 0 Å². The van der Waals surface area contributed by atoms with Crippen LogP contribution in [0.15, 0.2) is 42.5 Å². The van der Waals surface area contributed by atoms with Crippen molar-refractivity contribution in [2.45, 2.75) is 83.5 Å². The number of halogens is 1. The Kier molecular flexibility index (Phi) is 10.8. The molecule has 0 bridgehead atoms. The molecule has 2 aromatic carbocycles. The highest BCUT2D eigenvalue weighted by Gasteiger charge is 2.34. The lowest BCUT2D eigenvalue weighted by Gasteiger charge is -2.33. The Morgan fingerprint density at radius 3 is 2.68 bits per heavy atom. The van der Waals surface area contributed by atoms with Gasteiger partial charge in [-0.1, -0.05) is 31.0 Å². The fourth-order valence-corrected chi connectivity index (χ4v) is 5.50. The third kappa shape index (κ3) is 8.75. The predicted octanol–water partition coefficient (Wildman–Crippen LogP) is 6.43. The number of rotatable bonds is 14. The molecule has 2 aliphatic rings. The van der Waals surface area contributed by atoms with E-state index in [0.717, 1.165) is 88.0 Å². The Labute approximate surface area is 235 Å². The maximum absolute atomic E-state index is 11.7. The van der Waals surface area contributed by atoms with E-state index in [0.29, 0.717) is 6.61 Å². The molecule has 0 saturated carbocycles. The largest absolute Gasteiger partial charge is 0.463 e. The van der Waals surface area contributed by atoms with E-state index < -0.39 is 12.0 Å². The molecule has 2 atom stereocenters. The van der Waals surface area contributed by atoms with Crippen molar-refractivity contribution in [3.63, 3.8) is 0 Å². The third-order valence-electron chi connectivity index (χ3n) is 6.94. The van der Waals surface area contributed by atoms with E-state index in [4.69, 9.17) is 18.9 Å². The van der Waals surface area contributed by atoms with Crippen molar-refractivity contribution in [3.05, 3.63) is 62.7 Å². The van der Waals surface area contributed by atoms with Crippen LogP contribution in [0.2, 0.25) is 0 Å². The van der Waals surface area contributed by atoms with Gasteiger partial charge < -0.3 is 18.9 Å². The number of carbonyl (C=O) groups is 1. The maximum atomic E-state index is 11.7. The summed E-state index contributed by atoms with van der Waals surface area (Å²) in [6, 6.07) is 14.8. The van der Waals surface area contributed by atoms with Gasteiger partial charge in [-0.25, -0.2) is 0 Å². The zero-order valence-electron chi connectivity index (χ0n) is 22.1. The van der Waals surface area contributed by atoms with Gasteiger partial charge in [-0.05, 0) is 90.1 Å². The zero-order valence-corrected chi connectivity index (χ0v) is 24.3. The third-order valence-corrected chi connectivity index (χ3v) is 7.62. The standard InChI is InChI=1S/C30H40INO5/c1-30(2)35-22-25-19-24(13-14-27(25)37-30)28-20-32(29(21-33)36-28)15-6-3-4-7-16-34-17-8-5-10-23-11-9-12-26(31)18-23/h9,11-14,18-19,21,28-29H,3-8,10,15-17,20,22H2,1-2H3/t28-,29?/m0/s1. The monoisotopic (exact) mass is 621 g/mol.